The number of carbonyl (C=O) groups is 6. The smallest absolute Gasteiger partial charge is 0.303 e. The van der Waals surface area contributed by atoms with Crippen LogP contribution in [0.4, 0.5) is 0 Å². The Morgan fingerprint density at radius 3 is 2.00 bits per heavy atom. The third-order valence-corrected chi connectivity index (χ3v) is 4.53. The Bertz CT molecular complexity index is 613. The fourth-order valence-electron chi connectivity index (χ4n) is 2.27. The highest BCUT2D eigenvalue weighted by atomic mass is 32.2. The molecule has 0 saturated carbocycles. The number of hydrogen-bond donors (Lipinski definition) is 5. The standard InChI is InChI=1S/C17H27N3O8S/c1-29-9-7-11(13(22)6-8-21)19-17(28)12(3-5-15(25)26)20-16(27)10(18)2-4-14(23)24/h8,10-12H,2-7,9,18H2,1H3,(H,19,28)(H,20,27)(H,23,24)(H,25,26)/t10-,11-,12-/m0/s1. The van der Waals surface area contributed by atoms with Gasteiger partial charge in [-0.15, -0.1) is 0 Å². The molecule has 0 saturated heterocycles. The van der Waals surface area contributed by atoms with Gasteiger partial charge in [0.05, 0.1) is 18.5 Å². The molecule has 0 aromatic carbocycles. The van der Waals surface area contributed by atoms with Crippen molar-refractivity contribution in [3.8, 4) is 0 Å². The number of nitrogens with one attached hydrogen (secondary N) is 2. The summed E-state index contributed by atoms with van der Waals surface area (Å²) in [5, 5.41) is 22.3. The average molecular weight is 433 g/mol. The topological polar surface area (TPSA) is 193 Å². The number of carbonyl (C=O) groups excluding carboxylic acids is 4. The molecular weight excluding hydrogens is 406 g/mol. The van der Waals surface area contributed by atoms with E-state index in [9.17, 15) is 28.8 Å². The van der Waals surface area contributed by atoms with Crippen molar-refractivity contribution in [1.29, 1.82) is 0 Å². The quantitative estimate of drug-likeness (QED) is 0.148. The van der Waals surface area contributed by atoms with Crippen LogP contribution in [0.3, 0.4) is 0 Å². The predicted octanol–water partition coefficient (Wildman–Crippen LogP) is -1.08. The maximum Gasteiger partial charge on any atom is 0.303 e. The SMILES string of the molecule is CSCC[C@H](NC(=O)[C@H](CCC(=O)O)NC(=O)[C@@H](N)CCC(=O)O)C(=O)CC=O. The first-order chi connectivity index (χ1) is 13.6. The molecule has 0 aromatic heterocycles. The summed E-state index contributed by atoms with van der Waals surface area (Å²) in [6, 6.07) is -3.43. The van der Waals surface area contributed by atoms with E-state index in [1.54, 1.807) is 6.26 Å². The van der Waals surface area contributed by atoms with Gasteiger partial charge in [-0.3, -0.25) is 24.0 Å². The third-order valence-electron chi connectivity index (χ3n) is 3.89. The summed E-state index contributed by atoms with van der Waals surface area (Å²) in [6.07, 6.45) is 0.905. The molecule has 0 aliphatic carbocycles. The molecule has 0 aromatic rings. The molecule has 29 heavy (non-hydrogen) atoms. The van der Waals surface area contributed by atoms with Crippen molar-refractivity contribution in [3.63, 3.8) is 0 Å². The Morgan fingerprint density at radius 2 is 1.48 bits per heavy atom. The minimum atomic E-state index is -1.28. The van der Waals surface area contributed by atoms with E-state index in [-0.39, 0.29) is 32.1 Å². The number of ketones is 1. The Labute approximate surface area is 172 Å². The Hall–Kier alpha value is -2.47. The minimum Gasteiger partial charge on any atom is -0.481 e. The zero-order valence-electron chi connectivity index (χ0n) is 16.1. The van der Waals surface area contributed by atoms with Gasteiger partial charge in [-0.05, 0) is 31.3 Å². The van der Waals surface area contributed by atoms with E-state index in [0.29, 0.717) is 12.0 Å². The van der Waals surface area contributed by atoms with Gasteiger partial charge < -0.3 is 31.4 Å². The summed E-state index contributed by atoms with van der Waals surface area (Å²) in [5.74, 6) is -3.89. The lowest BCUT2D eigenvalue weighted by molar-refractivity contribution is -0.139. The third kappa shape index (κ3) is 11.9. The number of rotatable bonds is 16. The second-order valence-corrected chi connectivity index (χ2v) is 7.20. The number of hydrogen-bond acceptors (Lipinski definition) is 8. The highest BCUT2D eigenvalue weighted by molar-refractivity contribution is 7.98. The molecule has 0 aliphatic rings. The Kier molecular flexibility index (Phi) is 13.3. The van der Waals surface area contributed by atoms with Gasteiger partial charge in [0.1, 0.15) is 12.3 Å². The fourth-order valence-corrected chi connectivity index (χ4v) is 2.74. The summed E-state index contributed by atoms with van der Waals surface area (Å²) in [5.41, 5.74) is 5.61. The number of aliphatic carboxylic acids is 2. The molecule has 6 N–H and O–H groups in total. The van der Waals surface area contributed by atoms with Gasteiger partial charge in [-0.2, -0.15) is 11.8 Å². The summed E-state index contributed by atoms with van der Waals surface area (Å²) in [7, 11) is 0. The maximum absolute atomic E-state index is 12.6. The monoisotopic (exact) mass is 433 g/mol. The van der Waals surface area contributed by atoms with Crippen LogP contribution in [-0.4, -0.2) is 76.2 Å². The summed E-state index contributed by atoms with van der Waals surface area (Å²) < 4.78 is 0. The number of thioether (sulfide) groups is 1. The van der Waals surface area contributed by atoms with Crippen molar-refractivity contribution in [3.05, 3.63) is 0 Å². The van der Waals surface area contributed by atoms with Crippen molar-refractivity contribution in [2.24, 2.45) is 5.73 Å². The summed E-state index contributed by atoms with van der Waals surface area (Å²) in [6.45, 7) is 0. The lowest BCUT2D eigenvalue weighted by Crippen LogP contribution is -2.54. The average Bonchev–Trinajstić information content (AvgIpc) is 2.65. The van der Waals surface area contributed by atoms with Gasteiger partial charge in [-0.25, -0.2) is 0 Å². The molecule has 2 amide bonds. The second-order valence-electron chi connectivity index (χ2n) is 6.21. The maximum atomic E-state index is 12.6. The zero-order valence-corrected chi connectivity index (χ0v) is 16.9. The second kappa shape index (κ2) is 14.5. The van der Waals surface area contributed by atoms with Crippen LogP contribution >= 0.6 is 11.8 Å². The van der Waals surface area contributed by atoms with Crippen LogP contribution in [0.25, 0.3) is 0 Å². The van der Waals surface area contributed by atoms with Crippen LogP contribution < -0.4 is 16.4 Å². The van der Waals surface area contributed by atoms with Gasteiger partial charge in [-0.1, -0.05) is 0 Å². The molecule has 164 valence electrons. The number of Topliss-reactive ketones (excluding diaryl/α,β-unsaturated/α-hetero) is 1. The van der Waals surface area contributed by atoms with Gasteiger partial charge in [0.15, 0.2) is 5.78 Å². The molecule has 0 rings (SSSR count). The lowest BCUT2D eigenvalue weighted by atomic mass is 10.0. The highest BCUT2D eigenvalue weighted by Crippen LogP contribution is 2.06. The van der Waals surface area contributed by atoms with Crippen molar-refractivity contribution >= 4 is 47.6 Å². The minimum absolute atomic E-state index is 0.164. The van der Waals surface area contributed by atoms with Crippen molar-refractivity contribution in [2.75, 3.05) is 12.0 Å². The van der Waals surface area contributed by atoms with E-state index < -0.39 is 54.1 Å². The van der Waals surface area contributed by atoms with Gasteiger partial charge in [0, 0.05) is 12.8 Å². The van der Waals surface area contributed by atoms with E-state index in [4.69, 9.17) is 15.9 Å². The number of carboxylic acid groups (broad SMARTS) is 2. The van der Waals surface area contributed by atoms with Crippen molar-refractivity contribution < 1.29 is 39.0 Å². The first-order valence-corrected chi connectivity index (χ1v) is 10.3. The van der Waals surface area contributed by atoms with E-state index >= 15 is 0 Å². The first kappa shape index (κ1) is 26.5. The van der Waals surface area contributed by atoms with Crippen LogP contribution in [-0.2, 0) is 28.8 Å². The number of amides is 2. The number of aldehydes is 1. The summed E-state index contributed by atoms with van der Waals surface area (Å²) >= 11 is 1.43. The highest BCUT2D eigenvalue weighted by Gasteiger charge is 2.28. The Morgan fingerprint density at radius 1 is 0.931 bits per heavy atom. The van der Waals surface area contributed by atoms with Crippen molar-refractivity contribution in [1.82, 2.24) is 10.6 Å². The van der Waals surface area contributed by atoms with Crippen molar-refractivity contribution in [2.45, 2.75) is 56.7 Å². The summed E-state index contributed by atoms with van der Waals surface area (Å²) in [4.78, 5) is 68.8. The first-order valence-electron chi connectivity index (χ1n) is 8.87. The molecule has 0 radical (unpaired) electrons. The fraction of sp³-hybridized carbons (Fsp3) is 0.647. The van der Waals surface area contributed by atoms with E-state index in [1.165, 1.54) is 11.8 Å². The van der Waals surface area contributed by atoms with Gasteiger partial charge >= 0.3 is 11.9 Å². The lowest BCUT2D eigenvalue weighted by Gasteiger charge is -2.23. The van der Waals surface area contributed by atoms with Crippen LogP contribution in [0.5, 0.6) is 0 Å². The van der Waals surface area contributed by atoms with Crippen LogP contribution in [0.1, 0.15) is 38.5 Å². The molecule has 0 aliphatic heterocycles. The number of carboxylic acids is 2. The Balaban J connectivity index is 5.18. The molecular formula is C17H27N3O8S. The van der Waals surface area contributed by atoms with Crippen LogP contribution in [0.2, 0.25) is 0 Å². The molecule has 12 heteroatoms. The molecule has 0 fully saturated rings. The molecule has 0 spiro atoms. The molecule has 0 bridgehead atoms. The van der Waals surface area contributed by atoms with Crippen LogP contribution in [0.15, 0.2) is 0 Å². The van der Waals surface area contributed by atoms with E-state index in [2.05, 4.69) is 10.6 Å². The molecule has 11 nitrogen and oxygen atoms in total. The molecule has 0 unspecified atom stereocenters. The largest absolute Gasteiger partial charge is 0.481 e. The molecule has 0 heterocycles. The number of nitrogens with two attached hydrogens (primary N) is 1. The van der Waals surface area contributed by atoms with E-state index in [1.807, 2.05) is 0 Å². The molecule has 3 atom stereocenters. The predicted molar refractivity (Wildman–Crippen MR) is 104 cm³/mol. The van der Waals surface area contributed by atoms with Crippen LogP contribution in [0, 0.1) is 0 Å². The zero-order chi connectivity index (χ0) is 22.4. The normalized spacial score (nSPS) is 13.6. The van der Waals surface area contributed by atoms with Gasteiger partial charge in [0.2, 0.25) is 11.8 Å². The van der Waals surface area contributed by atoms with E-state index in [0.717, 1.165) is 0 Å². The van der Waals surface area contributed by atoms with Gasteiger partial charge in [0.25, 0.3) is 0 Å².